The number of nitrogens with two attached hydrogens (primary N) is 1. The Morgan fingerprint density at radius 2 is 1.65 bits per heavy atom. The van der Waals surface area contributed by atoms with E-state index in [1.54, 1.807) is 6.92 Å². The van der Waals surface area contributed by atoms with Crippen LogP contribution in [-0.2, 0) is 10.3 Å². The van der Waals surface area contributed by atoms with Crippen LogP contribution in [0.4, 0.5) is 0 Å². The number of hydrogen-bond donors (Lipinski definition) is 2. The maximum atomic E-state index is 12.5. The van der Waals surface area contributed by atoms with Crippen LogP contribution in [0.5, 0.6) is 0 Å². The van der Waals surface area contributed by atoms with E-state index < -0.39 is 5.54 Å². The quantitative estimate of drug-likeness (QED) is 0.890. The molecule has 1 unspecified atom stereocenters. The highest BCUT2D eigenvalue weighted by Crippen LogP contribution is 2.21. The van der Waals surface area contributed by atoms with Crippen molar-refractivity contribution in [2.75, 3.05) is 0 Å². The minimum atomic E-state index is -0.955. The largest absolute Gasteiger partial charge is 0.351 e. The van der Waals surface area contributed by atoms with Crippen molar-refractivity contribution >= 4 is 5.91 Å². The molecule has 1 aliphatic carbocycles. The number of carbonyl (C=O) groups excluding carboxylic acids is 1. The number of rotatable bonds is 3. The van der Waals surface area contributed by atoms with Crippen LogP contribution in [0, 0.1) is 0 Å². The summed E-state index contributed by atoms with van der Waals surface area (Å²) in [7, 11) is 0. The molecule has 0 spiro atoms. The molecule has 1 aromatic carbocycles. The van der Waals surface area contributed by atoms with Gasteiger partial charge in [-0.3, -0.25) is 4.79 Å². The molecule has 1 amide bonds. The van der Waals surface area contributed by atoms with Crippen LogP contribution < -0.4 is 11.1 Å². The highest BCUT2D eigenvalue weighted by molar-refractivity contribution is 5.87. The van der Waals surface area contributed by atoms with Crippen molar-refractivity contribution in [3.8, 4) is 0 Å². The molecule has 110 valence electrons. The van der Waals surface area contributed by atoms with Crippen molar-refractivity contribution in [2.24, 2.45) is 5.73 Å². The van der Waals surface area contributed by atoms with E-state index in [1.807, 2.05) is 30.3 Å². The van der Waals surface area contributed by atoms with Gasteiger partial charge >= 0.3 is 0 Å². The number of carbonyl (C=O) groups is 1. The van der Waals surface area contributed by atoms with Gasteiger partial charge in [-0.25, -0.2) is 0 Å². The summed E-state index contributed by atoms with van der Waals surface area (Å²) in [5.74, 6) is -0.0609. The molecule has 0 aromatic heterocycles. The molecule has 1 aliphatic rings. The van der Waals surface area contributed by atoms with Gasteiger partial charge in [0.2, 0.25) is 5.91 Å². The maximum absolute atomic E-state index is 12.5. The Balaban J connectivity index is 1.99. The molecule has 1 atom stereocenters. The Labute approximate surface area is 121 Å². The highest BCUT2D eigenvalue weighted by atomic mass is 16.2. The van der Waals surface area contributed by atoms with Crippen LogP contribution in [0.25, 0.3) is 0 Å². The van der Waals surface area contributed by atoms with Crippen LogP contribution in [0.1, 0.15) is 57.4 Å². The summed E-state index contributed by atoms with van der Waals surface area (Å²) in [6.45, 7) is 1.79. The van der Waals surface area contributed by atoms with E-state index in [1.165, 1.54) is 32.1 Å². The van der Waals surface area contributed by atoms with Gasteiger partial charge in [-0.15, -0.1) is 0 Å². The standard InChI is InChI=1S/C17H26N2O/c1-17(18,14-10-6-5-7-11-14)16(20)19-15-12-8-3-2-4-9-13-15/h5-7,10-11,15H,2-4,8-9,12-13,18H2,1H3,(H,19,20). The molecule has 3 N–H and O–H groups in total. The predicted octanol–water partition coefficient (Wildman–Crippen LogP) is 3.09. The summed E-state index contributed by atoms with van der Waals surface area (Å²) >= 11 is 0. The molecule has 1 saturated carbocycles. The van der Waals surface area contributed by atoms with Crippen LogP contribution >= 0.6 is 0 Å². The Kier molecular flexibility index (Phi) is 5.18. The molecule has 1 fully saturated rings. The van der Waals surface area contributed by atoms with Gasteiger partial charge in [0, 0.05) is 6.04 Å². The van der Waals surface area contributed by atoms with Crippen molar-refractivity contribution in [1.29, 1.82) is 0 Å². The van der Waals surface area contributed by atoms with Gasteiger partial charge in [-0.1, -0.05) is 62.4 Å². The van der Waals surface area contributed by atoms with Gasteiger partial charge in [0.25, 0.3) is 0 Å². The lowest BCUT2D eigenvalue weighted by atomic mass is 9.90. The van der Waals surface area contributed by atoms with Crippen molar-refractivity contribution in [3.63, 3.8) is 0 Å². The summed E-state index contributed by atoms with van der Waals surface area (Å²) in [5, 5.41) is 3.16. The first-order chi connectivity index (χ1) is 9.60. The molecule has 1 aromatic rings. The fourth-order valence-electron chi connectivity index (χ4n) is 2.85. The van der Waals surface area contributed by atoms with Crippen molar-refractivity contribution in [2.45, 2.75) is 63.5 Å². The van der Waals surface area contributed by atoms with Crippen molar-refractivity contribution < 1.29 is 4.79 Å². The Bertz CT molecular complexity index is 420. The lowest BCUT2D eigenvalue weighted by Gasteiger charge is -2.28. The second-order valence-corrected chi connectivity index (χ2v) is 6.08. The third kappa shape index (κ3) is 3.83. The van der Waals surface area contributed by atoms with E-state index >= 15 is 0 Å². The molecule has 3 nitrogen and oxygen atoms in total. The molecule has 2 rings (SSSR count). The van der Waals surface area contributed by atoms with Gasteiger partial charge in [-0.2, -0.15) is 0 Å². The third-order valence-corrected chi connectivity index (χ3v) is 4.29. The maximum Gasteiger partial charge on any atom is 0.244 e. The molecular formula is C17H26N2O. The summed E-state index contributed by atoms with van der Waals surface area (Å²) in [5.41, 5.74) is 6.17. The Hall–Kier alpha value is -1.35. The number of hydrogen-bond acceptors (Lipinski definition) is 2. The second kappa shape index (κ2) is 6.89. The molecule has 0 radical (unpaired) electrons. The normalized spacial score (nSPS) is 20.5. The predicted molar refractivity (Wildman–Crippen MR) is 82.2 cm³/mol. The first-order valence-corrected chi connectivity index (χ1v) is 7.76. The van der Waals surface area contributed by atoms with Crippen LogP contribution in [-0.4, -0.2) is 11.9 Å². The second-order valence-electron chi connectivity index (χ2n) is 6.08. The van der Waals surface area contributed by atoms with Gasteiger partial charge in [-0.05, 0) is 25.3 Å². The Morgan fingerprint density at radius 3 is 2.25 bits per heavy atom. The van der Waals surface area contributed by atoms with Crippen LogP contribution in [0.2, 0.25) is 0 Å². The zero-order valence-electron chi connectivity index (χ0n) is 12.4. The van der Waals surface area contributed by atoms with Crippen molar-refractivity contribution in [1.82, 2.24) is 5.32 Å². The number of amides is 1. The fourth-order valence-corrected chi connectivity index (χ4v) is 2.85. The summed E-state index contributed by atoms with van der Waals surface area (Å²) in [4.78, 5) is 12.5. The van der Waals surface area contributed by atoms with E-state index in [0.29, 0.717) is 0 Å². The van der Waals surface area contributed by atoms with Crippen molar-refractivity contribution in [3.05, 3.63) is 35.9 Å². The number of benzene rings is 1. The monoisotopic (exact) mass is 274 g/mol. The molecule has 0 aliphatic heterocycles. The fraction of sp³-hybridized carbons (Fsp3) is 0.588. The average Bonchev–Trinajstić information content (AvgIpc) is 2.42. The minimum absolute atomic E-state index is 0.0609. The molecule has 0 heterocycles. The molecule has 0 saturated heterocycles. The lowest BCUT2D eigenvalue weighted by Crippen LogP contribution is -2.52. The molecule has 0 bridgehead atoms. The van der Waals surface area contributed by atoms with Crippen LogP contribution in [0.15, 0.2) is 30.3 Å². The Morgan fingerprint density at radius 1 is 1.10 bits per heavy atom. The zero-order valence-corrected chi connectivity index (χ0v) is 12.4. The van der Waals surface area contributed by atoms with E-state index in [9.17, 15) is 4.79 Å². The summed E-state index contributed by atoms with van der Waals surface area (Å²) in [6.07, 6.45) is 8.47. The topological polar surface area (TPSA) is 55.1 Å². The van der Waals surface area contributed by atoms with Crippen LogP contribution in [0.3, 0.4) is 0 Å². The smallest absolute Gasteiger partial charge is 0.244 e. The van der Waals surface area contributed by atoms with E-state index in [2.05, 4.69) is 5.32 Å². The van der Waals surface area contributed by atoms with E-state index in [4.69, 9.17) is 5.73 Å². The summed E-state index contributed by atoms with van der Waals surface area (Å²) in [6, 6.07) is 9.89. The van der Waals surface area contributed by atoms with E-state index in [0.717, 1.165) is 18.4 Å². The minimum Gasteiger partial charge on any atom is -0.351 e. The SMILES string of the molecule is CC(N)(C(=O)NC1CCCCCCC1)c1ccccc1. The van der Waals surface area contributed by atoms with Gasteiger partial charge in [0.15, 0.2) is 0 Å². The number of nitrogens with one attached hydrogen (secondary N) is 1. The highest BCUT2D eigenvalue weighted by Gasteiger charge is 2.31. The van der Waals surface area contributed by atoms with Gasteiger partial charge < -0.3 is 11.1 Å². The first-order valence-electron chi connectivity index (χ1n) is 7.76. The van der Waals surface area contributed by atoms with Gasteiger partial charge in [0.1, 0.15) is 5.54 Å². The summed E-state index contributed by atoms with van der Waals surface area (Å²) < 4.78 is 0. The molecule has 3 heteroatoms. The third-order valence-electron chi connectivity index (χ3n) is 4.29. The average molecular weight is 274 g/mol. The lowest BCUT2D eigenvalue weighted by molar-refractivity contribution is -0.127. The molecular weight excluding hydrogens is 248 g/mol. The van der Waals surface area contributed by atoms with E-state index in [-0.39, 0.29) is 11.9 Å². The molecule has 20 heavy (non-hydrogen) atoms. The zero-order chi connectivity index (χ0) is 14.4. The van der Waals surface area contributed by atoms with Gasteiger partial charge in [0.05, 0.1) is 0 Å². The first kappa shape index (κ1) is 15.0.